The fourth-order valence-corrected chi connectivity index (χ4v) is 2.79. The van der Waals surface area contributed by atoms with Crippen molar-refractivity contribution in [1.82, 2.24) is 10.6 Å². The molecule has 2 amide bonds. The first-order valence-corrected chi connectivity index (χ1v) is 9.91. The summed E-state index contributed by atoms with van der Waals surface area (Å²) in [7, 11) is 1.23. The maximum atomic E-state index is 12.6. The van der Waals surface area contributed by atoms with Crippen LogP contribution in [0.5, 0.6) is 0 Å². The summed E-state index contributed by atoms with van der Waals surface area (Å²) in [6.45, 7) is 1.44. The van der Waals surface area contributed by atoms with Gasteiger partial charge in [0.1, 0.15) is 18.2 Å². The number of nitrogens with one attached hydrogen (secondary N) is 2. The van der Waals surface area contributed by atoms with Gasteiger partial charge < -0.3 is 25.2 Å². The van der Waals surface area contributed by atoms with E-state index in [4.69, 9.17) is 9.47 Å². The van der Waals surface area contributed by atoms with Crippen molar-refractivity contribution in [1.29, 1.82) is 0 Å². The SMILES string of the molecule is COC(=O)[C@H](Cc1ccccc1)NC(=O)[C@@](C)(O)CCNC(=O)OCc1ccccc1. The van der Waals surface area contributed by atoms with E-state index in [9.17, 15) is 19.5 Å². The van der Waals surface area contributed by atoms with Crippen LogP contribution in [-0.4, -0.2) is 48.4 Å². The van der Waals surface area contributed by atoms with Crippen LogP contribution >= 0.6 is 0 Å². The molecule has 0 saturated carbocycles. The van der Waals surface area contributed by atoms with Gasteiger partial charge in [-0.2, -0.15) is 0 Å². The number of carbonyl (C=O) groups is 3. The van der Waals surface area contributed by atoms with Crippen LogP contribution in [0.2, 0.25) is 0 Å². The van der Waals surface area contributed by atoms with Gasteiger partial charge in [0.25, 0.3) is 5.91 Å². The molecule has 2 aromatic carbocycles. The summed E-state index contributed by atoms with van der Waals surface area (Å²) in [5, 5.41) is 15.5. The van der Waals surface area contributed by atoms with Gasteiger partial charge in [-0.15, -0.1) is 0 Å². The molecule has 0 unspecified atom stereocenters. The van der Waals surface area contributed by atoms with Crippen LogP contribution in [0, 0.1) is 0 Å². The Hall–Kier alpha value is -3.39. The lowest BCUT2D eigenvalue weighted by Crippen LogP contribution is -2.53. The van der Waals surface area contributed by atoms with E-state index in [1.54, 1.807) is 0 Å². The van der Waals surface area contributed by atoms with Crippen LogP contribution in [0.25, 0.3) is 0 Å². The van der Waals surface area contributed by atoms with Crippen molar-refractivity contribution in [3.05, 3.63) is 71.8 Å². The second-order valence-corrected chi connectivity index (χ2v) is 7.25. The highest BCUT2D eigenvalue weighted by Crippen LogP contribution is 2.11. The number of ether oxygens (including phenoxy) is 2. The average molecular weight is 428 g/mol. The minimum Gasteiger partial charge on any atom is -0.467 e. The molecule has 166 valence electrons. The summed E-state index contributed by atoms with van der Waals surface area (Å²) in [5.41, 5.74) is -0.132. The van der Waals surface area contributed by atoms with E-state index in [1.165, 1.54) is 14.0 Å². The standard InChI is InChI=1S/C23H28N2O6/c1-23(29,13-14-24-22(28)31-16-18-11-7-4-8-12-18)21(27)25-19(20(26)30-2)15-17-9-5-3-6-10-17/h3-12,19,29H,13-16H2,1-2H3,(H,24,28)(H,25,27)/t19-,23-/m0/s1. The Morgan fingerprint density at radius 2 is 1.58 bits per heavy atom. The quantitative estimate of drug-likeness (QED) is 0.499. The summed E-state index contributed by atoms with van der Waals surface area (Å²) >= 11 is 0. The molecular weight excluding hydrogens is 400 g/mol. The predicted molar refractivity (Wildman–Crippen MR) is 114 cm³/mol. The predicted octanol–water partition coefficient (Wildman–Crippen LogP) is 1.95. The lowest BCUT2D eigenvalue weighted by molar-refractivity contribution is -0.148. The Labute approximate surface area is 181 Å². The van der Waals surface area contributed by atoms with Crippen molar-refractivity contribution in [2.24, 2.45) is 0 Å². The number of hydrogen-bond donors (Lipinski definition) is 3. The van der Waals surface area contributed by atoms with Gasteiger partial charge in [-0.1, -0.05) is 60.7 Å². The third kappa shape index (κ3) is 8.10. The zero-order chi connectivity index (χ0) is 22.7. The first-order valence-electron chi connectivity index (χ1n) is 9.91. The third-order valence-electron chi connectivity index (χ3n) is 4.66. The monoisotopic (exact) mass is 428 g/mol. The highest BCUT2D eigenvalue weighted by atomic mass is 16.5. The van der Waals surface area contributed by atoms with Crippen LogP contribution < -0.4 is 10.6 Å². The van der Waals surface area contributed by atoms with Gasteiger partial charge in [0.15, 0.2) is 0 Å². The Balaban J connectivity index is 1.82. The van der Waals surface area contributed by atoms with Crippen LogP contribution in [0.1, 0.15) is 24.5 Å². The molecule has 0 fully saturated rings. The van der Waals surface area contributed by atoms with Gasteiger partial charge >= 0.3 is 12.1 Å². The molecule has 0 bridgehead atoms. The Bertz CT molecular complexity index is 855. The average Bonchev–Trinajstić information content (AvgIpc) is 2.78. The summed E-state index contributed by atoms with van der Waals surface area (Å²) in [4.78, 5) is 36.4. The fraction of sp³-hybridized carbons (Fsp3) is 0.348. The molecule has 2 atom stereocenters. The molecule has 0 heterocycles. The zero-order valence-corrected chi connectivity index (χ0v) is 17.7. The highest BCUT2D eigenvalue weighted by Gasteiger charge is 2.33. The molecule has 3 N–H and O–H groups in total. The first kappa shape index (κ1) is 23.9. The molecule has 0 aliphatic heterocycles. The van der Waals surface area contributed by atoms with Gasteiger partial charge in [-0.3, -0.25) is 4.79 Å². The maximum absolute atomic E-state index is 12.6. The van der Waals surface area contributed by atoms with Crippen molar-refractivity contribution in [3.8, 4) is 0 Å². The second-order valence-electron chi connectivity index (χ2n) is 7.25. The number of hydrogen-bond acceptors (Lipinski definition) is 6. The van der Waals surface area contributed by atoms with Crippen molar-refractivity contribution in [3.63, 3.8) is 0 Å². The molecule has 0 saturated heterocycles. The molecule has 0 spiro atoms. The molecule has 0 aliphatic carbocycles. The van der Waals surface area contributed by atoms with Gasteiger partial charge in [0.05, 0.1) is 7.11 Å². The number of alkyl carbamates (subject to hydrolysis) is 1. The van der Waals surface area contributed by atoms with E-state index in [2.05, 4.69) is 10.6 Å². The second kappa shape index (κ2) is 11.7. The molecular formula is C23H28N2O6. The minimum atomic E-state index is -1.81. The number of esters is 1. The van der Waals surface area contributed by atoms with Gasteiger partial charge in [-0.25, -0.2) is 9.59 Å². The summed E-state index contributed by atoms with van der Waals surface area (Å²) in [6, 6.07) is 17.4. The smallest absolute Gasteiger partial charge is 0.407 e. The highest BCUT2D eigenvalue weighted by molar-refractivity contribution is 5.89. The number of carbonyl (C=O) groups excluding carboxylic acids is 3. The van der Waals surface area contributed by atoms with Crippen molar-refractivity contribution >= 4 is 18.0 Å². The Morgan fingerprint density at radius 1 is 1.00 bits per heavy atom. The molecule has 0 aliphatic rings. The van der Waals surface area contributed by atoms with E-state index < -0.39 is 29.6 Å². The van der Waals surface area contributed by atoms with Crippen LogP contribution in [0.3, 0.4) is 0 Å². The number of benzene rings is 2. The Kier molecular flexibility index (Phi) is 9.02. The topological polar surface area (TPSA) is 114 Å². The largest absolute Gasteiger partial charge is 0.467 e. The van der Waals surface area contributed by atoms with E-state index >= 15 is 0 Å². The van der Waals surface area contributed by atoms with E-state index in [0.29, 0.717) is 0 Å². The fourth-order valence-electron chi connectivity index (χ4n) is 2.79. The molecule has 8 nitrogen and oxygen atoms in total. The van der Waals surface area contributed by atoms with Crippen LogP contribution in [-0.2, 0) is 32.1 Å². The number of methoxy groups -OCH3 is 1. The van der Waals surface area contributed by atoms with E-state index in [-0.39, 0.29) is 26.0 Å². The van der Waals surface area contributed by atoms with E-state index in [0.717, 1.165) is 11.1 Å². The molecule has 2 aromatic rings. The summed E-state index contributed by atoms with van der Waals surface area (Å²) in [5.74, 6) is -1.35. The van der Waals surface area contributed by atoms with Gasteiger partial charge in [-0.05, 0) is 18.1 Å². The summed E-state index contributed by atoms with van der Waals surface area (Å²) < 4.78 is 9.85. The first-order chi connectivity index (χ1) is 14.8. The van der Waals surface area contributed by atoms with Gasteiger partial charge in [0.2, 0.25) is 0 Å². The normalized spacial score (nSPS) is 13.4. The molecule has 8 heteroatoms. The zero-order valence-electron chi connectivity index (χ0n) is 17.7. The van der Waals surface area contributed by atoms with Crippen LogP contribution in [0.15, 0.2) is 60.7 Å². The van der Waals surface area contributed by atoms with Crippen molar-refractivity contribution in [2.75, 3.05) is 13.7 Å². The van der Waals surface area contributed by atoms with Crippen LogP contribution in [0.4, 0.5) is 4.79 Å². The molecule has 0 radical (unpaired) electrons. The van der Waals surface area contributed by atoms with Gasteiger partial charge in [0, 0.05) is 19.4 Å². The lowest BCUT2D eigenvalue weighted by atomic mass is 9.99. The number of aliphatic hydroxyl groups is 1. The Morgan fingerprint density at radius 3 is 2.16 bits per heavy atom. The maximum Gasteiger partial charge on any atom is 0.407 e. The summed E-state index contributed by atoms with van der Waals surface area (Å²) in [6.07, 6.45) is -0.505. The molecule has 31 heavy (non-hydrogen) atoms. The van der Waals surface area contributed by atoms with E-state index in [1.807, 2.05) is 60.7 Å². The van der Waals surface area contributed by atoms with Crippen molar-refractivity contribution < 1.29 is 29.0 Å². The lowest BCUT2D eigenvalue weighted by Gasteiger charge is -2.25. The molecule has 0 aromatic heterocycles. The number of amides is 2. The van der Waals surface area contributed by atoms with Crippen molar-refractivity contribution in [2.45, 2.75) is 38.0 Å². The minimum absolute atomic E-state index is 0.00954. The number of rotatable bonds is 10. The third-order valence-corrected chi connectivity index (χ3v) is 4.66. The molecule has 2 rings (SSSR count).